The number of nitrogens with one attached hydrogen (secondary N) is 1. The maximum atomic E-state index is 8.70. The van der Waals surface area contributed by atoms with Crippen LogP contribution in [0.4, 0.5) is 5.13 Å². The molecule has 0 fully saturated rings. The predicted molar refractivity (Wildman–Crippen MR) is 62.6 cm³/mol. The van der Waals surface area contributed by atoms with Crippen molar-refractivity contribution in [3.63, 3.8) is 0 Å². The first-order valence-corrected chi connectivity index (χ1v) is 5.77. The summed E-state index contributed by atoms with van der Waals surface area (Å²) in [6.07, 6.45) is 3.62. The quantitative estimate of drug-likeness (QED) is 0.905. The molecule has 1 N–H and O–H groups in total. The second-order valence-corrected chi connectivity index (χ2v) is 4.30. The first kappa shape index (κ1) is 10.9. The van der Waals surface area contributed by atoms with Gasteiger partial charge in [0.25, 0.3) is 0 Å². The van der Waals surface area contributed by atoms with Crippen molar-refractivity contribution in [1.29, 1.82) is 5.26 Å². The summed E-state index contributed by atoms with van der Waals surface area (Å²) in [5.74, 6) is 0. The van der Waals surface area contributed by atoms with Crippen molar-refractivity contribution in [2.75, 3.05) is 11.9 Å². The van der Waals surface area contributed by atoms with Crippen molar-refractivity contribution in [3.8, 4) is 6.07 Å². The Morgan fingerprint density at radius 3 is 3.12 bits per heavy atom. The molecule has 0 aliphatic rings. The van der Waals surface area contributed by atoms with Crippen molar-refractivity contribution in [1.82, 2.24) is 14.8 Å². The van der Waals surface area contributed by atoms with E-state index in [1.165, 1.54) is 11.3 Å². The predicted octanol–water partition coefficient (Wildman–Crippen LogP) is 1.98. The highest BCUT2D eigenvalue weighted by Gasteiger charge is 2.07. The maximum absolute atomic E-state index is 8.70. The van der Waals surface area contributed by atoms with Crippen LogP contribution in [0.15, 0.2) is 18.5 Å². The zero-order chi connectivity index (χ0) is 11.4. The minimum Gasteiger partial charge on any atom is -0.360 e. The number of nitriles is 1. The molecule has 2 rings (SSSR count). The van der Waals surface area contributed by atoms with E-state index < -0.39 is 0 Å². The largest absolute Gasteiger partial charge is 0.360 e. The van der Waals surface area contributed by atoms with Crippen LogP contribution in [0.25, 0.3) is 0 Å². The van der Waals surface area contributed by atoms with E-state index >= 15 is 0 Å². The van der Waals surface area contributed by atoms with E-state index in [1.54, 1.807) is 6.20 Å². The van der Waals surface area contributed by atoms with Crippen LogP contribution in [0.5, 0.6) is 0 Å². The molecule has 0 radical (unpaired) electrons. The molecule has 5 nitrogen and oxygen atoms in total. The number of nitrogens with zero attached hydrogens (tertiary/aromatic N) is 4. The Morgan fingerprint density at radius 2 is 2.50 bits per heavy atom. The van der Waals surface area contributed by atoms with Crippen LogP contribution in [0, 0.1) is 11.3 Å². The molecule has 16 heavy (non-hydrogen) atoms. The molecule has 82 valence electrons. The zero-order valence-corrected chi connectivity index (χ0v) is 9.79. The fraction of sp³-hybridized carbons (Fsp3) is 0.222. The number of anilines is 1. The van der Waals surface area contributed by atoms with Crippen molar-refractivity contribution >= 4 is 28.1 Å². The molecule has 0 aromatic carbocycles. The monoisotopic (exact) mass is 253 g/mol. The van der Waals surface area contributed by atoms with Crippen LogP contribution < -0.4 is 5.32 Å². The Balaban J connectivity index is 1.88. The number of rotatable bonds is 4. The Bertz CT molecular complexity index is 498. The van der Waals surface area contributed by atoms with Crippen LogP contribution in [0.1, 0.15) is 4.88 Å². The molecule has 0 unspecified atom stereocenters. The number of hydrogen-bond acceptors (Lipinski definition) is 5. The first-order valence-electron chi connectivity index (χ1n) is 4.57. The lowest BCUT2D eigenvalue weighted by molar-refractivity contribution is 0.637. The van der Waals surface area contributed by atoms with Gasteiger partial charge in [0.1, 0.15) is 10.9 Å². The van der Waals surface area contributed by atoms with Crippen LogP contribution in [-0.4, -0.2) is 21.3 Å². The van der Waals surface area contributed by atoms with Gasteiger partial charge in [0.15, 0.2) is 10.3 Å². The van der Waals surface area contributed by atoms with Gasteiger partial charge in [0.2, 0.25) is 0 Å². The van der Waals surface area contributed by atoms with E-state index in [0.717, 1.165) is 6.54 Å². The zero-order valence-electron chi connectivity index (χ0n) is 8.22. The molecule has 2 aromatic heterocycles. The summed E-state index contributed by atoms with van der Waals surface area (Å²) in [5.41, 5.74) is 0. The molecule has 2 aromatic rings. The molecule has 0 aliphatic carbocycles. The topological polar surface area (TPSA) is 66.5 Å². The Kier molecular flexibility index (Phi) is 3.39. The molecular weight excluding hydrogens is 246 g/mol. The molecule has 0 bridgehead atoms. The highest BCUT2D eigenvalue weighted by molar-refractivity contribution is 7.16. The summed E-state index contributed by atoms with van der Waals surface area (Å²) >= 11 is 6.99. The maximum Gasteiger partial charge on any atom is 0.185 e. The summed E-state index contributed by atoms with van der Waals surface area (Å²) in [7, 11) is 0. The van der Waals surface area contributed by atoms with Crippen molar-refractivity contribution < 1.29 is 0 Å². The average Bonchev–Trinajstić information content (AvgIpc) is 2.88. The van der Waals surface area contributed by atoms with E-state index in [-0.39, 0.29) is 5.15 Å². The van der Waals surface area contributed by atoms with Crippen molar-refractivity contribution in [2.45, 2.75) is 6.54 Å². The lowest BCUT2D eigenvalue weighted by Gasteiger charge is -2.01. The van der Waals surface area contributed by atoms with E-state index in [0.29, 0.717) is 16.6 Å². The summed E-state index contributed by atoms with van der Waals surface area (Å²) in [6, 6.07) is 3.86. The van der Waals surface area contributed by atoms with E-state index in [9.17, 15) is 0 Å². The highest BCUT2D eigenvalue weighted by atomic mass is 35.5. The lowest BCUT2D eigenvalue weighted by Crippen LogP contribution is -2.10. The van der Waals surface area contributed by atoms with Gasteiger partial charge >= 0.3 is 0 Å². The fourth-order valence-corrected chi connectivity index (χ4v) is 2.13. The number of aromatic nitrogens is 3. The van der Waals surface area contributed by atoms with E-state index in [2.05, 4.69) is 15.4 Å². The van der Waals surface area contributed by atoms with Gasteiger partial charge in [-0.25, -0.2) is 4.98 Å². The van der Waals surface area contributed by atoms with Crippen LogP contribution in [-0.2, 0) is 6.54 Å². The molecule has 7 heteroatoms. The lowest BCUT2D eigenvalue weighted by atomic mass is 10.6. The third kappa shape index (κ3) is 2.51. The molecule has 0 spiro atoms. The summed E-state index contributed by atoms with van der Waals surface area (Å²) in [6.45, 7) is 1.43. The van der Waals surface area contributed by atoms with Crippen LogP contribution in [0.2, 0.25) is 5.15 Å². The molecule has 0 saturated carbocycles. The molecule has 2 heterocycles. The normalized spacial score (nSPS) is 10.0. The fourth-order valence-electron chi connectivity index (χ4n) is 1.16. The number of hydrogen-bond donors (Lipinski definition) is 1. The van der Waals surface area contributed by atoms with Crippen molar-refractivity contribution in [3.05, 3.63) is 28.5 Å². The summed E-state index contributed by atoms with van der Waals surface area (Å²) in [4.78, 5) is 4.45. The summed E-state index contributed by atoms with van der Waals surface area (Å²) in [5, 5.41) is 16.8. The SMILES string of the molecule is N#Cc1sc(NCCn2cccn2)nc1Cl. The third-order valence-electron chi connectivity index (χ3n) is 1.86. The van der Waals surface area contributed by atoms with Gasteiger partial charge in [-0.15, -0.1) is 0 Å². The van der Waals surface area contributed by atoms with Gasteiger partial charge in [0, 0.05) is 18.9 Å². The minimum atomic E-state index is 0.258. The Morgan fingerprint density at radius 1 is 1.62 bits per heavy atom. The molecule has 0 atom stereocenters. The van der Waals surface area contributed by atoms with E-state index in [1.807, 2.05) is 23.0 Å². The van der Waals surface area contributed by atoms with Gasteiger partial charge in [-0.3, -0.25) is 4.68 Å². The number of halogens is 1. The van der Waals surface area contributed by atoms with Crippen molar-refractivity contribution in [2.24, 2.45) is 0 Å². The molecular formula is C9H8ClN5S. The van der Waals surface area contributed by atoms with Gasteiger partial charge in [-0.2, -0.15) is 10.4 Å². The standard InChI is InChI=1S/C9H8ClN5S/c10-8-7(6-11)16-9(14-8)12-3-5-15-4-1-2-13-15/h1-2,4H,3,5H2,(H,12,14). The van der Waals surface area contributed by atoms with Gasteiger partial charge in [-0.05, 0) is 6.07 Å². The summed E-state index contributed by atoms with van der Waals surface area (Å²) < 4.78 is 1.81. The number of thiazole rings is 1. The van der Waals surface area contributed by atoms with Gasteiger partial charge in [-0.1, -0.05) is 22.9 Å². The molecule has 0 aliphatic heterocycles. The van der Waals surface area contributed by atoms with Crippen LogP contribution in [0.3, 0.4) is 0 Å². The van der Waals surface area contributed by atoms with Gasteiger partial charge < -0.3 is 5.32 Å². The van der Waals surface area contributed by atoms with E-state index in [4.69, 9.17) is 16.9 Å². The molecule has 0 amide bonds. The van der Waals surface area contributed by atoms with Crippen LogP contribution >= 0.6 is 22.9 Å². The molecule has 0 saturated heterocycles. The Labute approximate surface area is 101 Å². The average molecular weight is 254 g/mol. The smallest absolute Gasteiger partial charge is 0.185 e. The third-order valence-corrected chi connectivity index (χ3v) is 3.17. The highest BCUT2D eigenvalue weighted by Crippen LogP contribution is 2.25. The second kappa shape index (κ2) is 4.96. The minimum absolute atomic E-state index is 0.258. The Hall–Kier alpha value is -1.58. The first-order chi connectivity index (χ1) is 7.79. The second-order valence-electron chi connectivity index (χ2n) is 2.95. The van der Waals surface area contributed by atoms with Gasteiger partial charge in [0.05, 0.1) is 6.54 Å².